The summed E-state index contributed by atoms with van der Waals surface area (Å²) in [5, 5.41) is 0. The van der Waals surface area contributed by atoms with Gasteiger partial charge >= 0.3 is 0 Å². The van der Waals surface area contributed by atoms with Gasteiger partial charge in [-0.1, -0.05) is 47.0 Å². The second kappa shape index (κ2) is 9.21. The highest BCUT2D eigenvalue weighted by Gasteiger charge is 2.18. The molecule has 92 valence electrons. The second-order valence-corrected chi connectivity index (χ2v) is 4.68. The Morgan fingerprint density at radius 2 is 1.60 bits per heavy atom. The van der Waals surface area contributed by atoms with Crippen LogP contribution in [0.1, 0.15) is 72.6 Å². The Bertz CT molecular complexity index is 127. The van der Waals surface area contributed by atoms with Gasteiger partial charge in [0.2, 0.25) is 0 Å². The molecular weight excluding hydrogens is 182 g/mol. The van der Waals surface area contributed by atoms with Crippen LogP contribution in [0.3, 0.4) is 0 Å². The van der Waals surface area contributed by atoms with Crippen LogP contribution >= 0.6 is 0 Å². The summed E-state index contributed by atoms with van der Waals surface area (Å²) in [4.78, 5) is 2.75. The van der Waals surface area contributed by atoms with Gasteiger partial charge in [-0.25, -0.2) is 0 Å². The molecule has 1 aliphatic heterocycles. The third-order valence-corrected chi connectivity index (χ3v) is 3.42. The van der Waals surface area contributed by atoms with Crippen LogP contribution in [-0.2, 0) is 0 Å². The molecule has 1 atom stereocenters. The summed E-state index contributed by atoms with van der Waals surface area (Å²) in [6.45, 7) is 7.37. The van der Waals surface area contributed by atoms with Crippen molar-refractivity contribution >= 4 is 0 Å². The standard InChI is InChI=1S/C13H27N.CH4/c1-3-5-10-13(9-4-2)14-11-7-6-8-12-14;/h13H,3-12H2,1-2H3;1H4. The molecule has 0 aromatic carbocycles. The largest absolute Gasteiger partial charge is 0.300 e. The molecule has 0 saturated carbocycles. The summed E-state index contributed by atoms with van der Waals surface area (Å²) in [6, 6.07) is 0.903. The van der Waals surface area contributed by atoms with Gasteiger partial charge in [0, 0.05) is 6.04 Å². The fourth-order valence-electron chi connectivity index (χ4n) is 2.57. The van der Waals surface area contributed by atoms with E-state index in [0.717, 1.165) is 6.04 Å². The van der Waals surface area contributed by atoms with Gasteiger partial charge in [0.25, 0.3) is 0 Å². The van der Waals surface area contributed by atoms with Crippen LogP contribution in [0.2, 0.25) is 0 Å². The number of piperidine rings is 1. The topological polar surface area (TPSA) is 3.24 Å². The fraction of sp³-hybridized carbons (Fsp3) is 1.00. The lowest BCUT2D eigenvalue weighted by molar-refractivity contribution is 0.145. The third kappa shape index (κ3) is 5.55. The van der Waals surface area contributed by atoms with Crippen LogP contribution in [0.4, 0.5) is 0 Å². The Morgan fingerprint density at radius 1 is 0.933 bits per heavy atom. The van der Waals surface area contributed by atoms with Crippen LogP contribution in [0.5, 0.6) is 0 Å². The van der Waals surface area contributed by atoms with Gasteiger partial charge in [-0.05, 0) is 38.8 Å². The molecule has 1 aliphatic rings. The molecule has 0 radical (unpaired) electrons. The van der Waals surface area contributed by atoms with Crippen LogP contribution in [0.15, 0.2) is 0 Å². The Balaban J connectivity index is 0.00000196. The number of rotatable bonds is 6. The van der Waals surface area contributed by atoms with Crippen LogP contribution in [0.25, 0.3) is 0 Å². The highest BCUT2D eigenvalue weighted by molar-refractivity contribution is 4.74. The van der Waals surface area contributed by atoms with Crippen molar-refractivity contribution in [3.8, 4) is 0 Å². The maximum atomic E-state index is 2.75. The Hall–Kier alpha value is -0.0400. The normalized spacial score (nSPS) is 19.6. The van der Waals surface area contributed by atoms with Gasteiger partial charge < -0.3 is 4.90 Å². The van der Waals surface area contributed by atoms with E-state index in [9.17, 15) is 0 Å². The van der Waals surface area contributed by atoms with Crippen molar-refractivity contribution in [3.05, 3.63) is 0 Å². The highest BCUT2D eigenvalue weighted by atomic mass is 15.2. The molecule has 0 aliphatic carbocycles. The van der Waals surface area contributed by atoms with Gasteiger partial charge in [0.05, 0.1) is 0 Å². The number of unbranched alkanes of at least 4 members (excludes halogenated alkanes) is 1. The number of likely N-dealkylation sites (tertiary alicyclic amines) is 1. The molecule has 1 saturated heterocycles. The van der Waals surface area contributed by atoms with Crippen molar-refractivity contribution in [2.24, 2.45) is 0 Å². The maximum absolute atomic E-state index is 2.75. The first kappa shape index (κ1) is 15.0. The molecule has 0 N–H and O–H groups in total. The number of nitrogens with zero attached hydrogens (tertiary/aromatic N) is 1. The quantitative estimate of drug-likeness (QED) is 0.629. The lowest BCUT2D eigenvalue weighted by atomic mass is 10.0. The van der Waals surface area contributed by atoms with Crippen molar-refractivity contribution < 1.29 is 0 Å². The summed E-state index contributed by atoms with van der Waals surface area (Å²) < 4.78 is 0. The van der Waals surface area contributed by atoms with Crippen molar-refractivity contribution in [2.75, 3.05) is 13.1 Å². The Kier molecular flexibility index (Phi) is 9.18. The van der Waals surface area contributed by atoms with Crippen molar-refractivity contribution in [3.63, 3.8) is 0 Å². The maximum Gasteiger partial charge on any atom is 0.00951 e. The van der Waals surface area contributed by atoms with Gasteiger partial charge in [0.15, 0.2) is 0 Å². The first-order valence-corrected chi connectivity index (χ1v) is 6.62. The number of hydrogen-bond acceptors (Lipinski definition) is 1. The molecule has 0 aromatic heterocycles. The summed E-state index contributed by atoms with van der Waals surface area (Å²) in [5.41, 5.74) is 0. The minimum Gasteiger partial charge on any atom is -0.300 e. The molecule has 1 nitrogen and oxygen atoms in total. The molecule has 0 spiro atoms. The molecular formula is C14H31N. The summed E-state index contributed by atoms with van der Waals surface area (Å²) >= 11 is 0. The lowest BCUT2D eigenvalue weighted by Gasteiger charge is -2.34. The monoisotopic (exact) mass is 213 g/mol. The SMILES string of the molecule is C.CCCCC(CCC)N1CCCCC1. The summed E-state index contributed by atoms with van der Waals surface area (Å²) in [6.07, 6.45) is 11.3. The average molecular weight is 213 g/mol. The first-order valence-electron chi connectivity index (χ1n) is 6.62. The molecule has 1 fully saturated rings. The van der Waals surface area contributed by atoms with Crippen LogP contribution in [-0.4, -0.2) is 24.0 Å². The zero-order chi connectivity index (χ0) is 10.2. The first-order chi connectivity index (χ1) is 6.88. The predicted octanol–water partition coefficient (Wildman–Crippen LogP) is 4.47. The fourth-order valence-corrected chi connectivity index (χ4v) is 2.57. The van der Waals surface area contributed by atoms with Crippen molar-refractivity contribution in [2.45, 2.75) is 78.7 Å². The molecule has 0 bridgehead atoms. The van der Waals surface area contributed by atoms with E-state index >= 15 is 0 Å². The molecule has 1 heterocycles. The van der Waals surface area contributed by atoms with Crippen molar-refractivity contribution in [1.82, 2.24) is 4.90 Å². The highest BCUT2D eigenvalue weighted by Crippen LogP contribution is 2.19. The summed E-state index contributed by atoms with van der Waals surface area (Å²) in [7, 11) is 0. The number of hydrogen-bond donors (Lipinski definition) is 0. The van der Waals surface area contributed by atoms with E-state index in [0.29, 0.717) is 0 Å². The van der Waals surface area contributed by atoms with E-state index < -0.39 is 0 Å². The van der Waals surface area contributed by atoms with Gasteiger partial charge in [-0.2, -0.15) is 0 Å². The Morgan fingerprint density at radius 3 is 2.13 bits per heavy atom. The average Bonchev–Trinajstić information content (AvgIpc) is 2.25. The zero-order valence-corrected chi connectivity index (χ0v) is 10.1. The molecule has 0 amide bonds. The van der Waals surface area contributed by atoms with E-state index in [4.69, 9.17) is 0 Å². The van der Waals surface area contributed by atoms with E-state index in [-0.39, 0.29) is 7.43 Å². The zero-order valence-electron chi connectivity index (χ0n) is 10.1. The molecule has 1 heteroatoms. The molecule has 1 unspecified atom stereocenters. The molecule has 15 heavy (non-hydrogen) atoms. The van der Waals surface area contributed by atoms with Crippen molar-refractivity contribution in [1.29, 1.82) is 0 Å². The third-order valence-electron chi connectivity index (χ3n) is 3.42. The van der Waals surface area contributed by atoms with Gasteiger partial charge in [0.1, 0.15) is 0 Å². The van der Waals surface area contributed by atoms with E-state index in [1.54, 1.807) is 0 Å². The summed E-state index contributed by atoms with van der Waals surface area (Å²) in [5.74, 6) is 0. The Labute approximate surface area is 97.2 Å². The minimum absolute atomic E-state index is 0. The van der Waals surface area contributed by atoms with E-state index in [2.05, 4.69) is 18.7 Å². The minimum atomic E-state index is 0. The lowest BCUT2D eigenvalue weighted by Crippen LogP contribution is -2.39. The van der Waals surface area contributed by atoms with Crippen LogP contribution < -0.4 is 0 Å². The molecule has 1 rings (SSSR count). The predicted molar refractivity (Wildman–Crippen MR) is 70.4 cm³/mol. The second-order valence-electron chi connectivity index (χ2n) is 4.68. The van der Waals surface area contributed by atoms with Gasteiger partial charge in [-0.3, -0.25) is 0 Å². The van der Waals surface area contributed by atoms with E-state index in [1.807, 2.05) is 0 Å². The van der Waals surface area contributed by atoms with Crippen LogP contribution in [0, 0.1) is 0 Å². The smallest absolute Gasteiger partial charge is 0.00951 e. The molecule has 0 aromatic rings. The van der Waals surface area contributed by atoms with E-state index in [1.165, 1.54) is 64.5 Å². The van der Waals surface area contributed by atoms with Gasteiger partial charge in [-0.15, -0.1) is 0 Å².